The van der Waals surface area contributed by atoms with Gasteiger partial charge in [0.05, 0.1) is 13.2 Å². The largest absolute Gasteiger partial charge is 0.492 e. The fourth-order valence-electron chi connectivity index (χ4n) is 4.28. The summed E-state index contributed by atoms with van der Waals surface area (Å²) in [6, 6.07) is 1.73. The summed E-state index contributed by atoms with van der Waals surface area (Å²) in [6.45, 7) is 7.37. The van der Waals surface area contributed by atoms with Gasteiger partial charge in [0.15, 0.2) is 0 Å². The van der Waals surface area contributed by atoms with Crippen LogP contribution in [-0.4, -0.2) is 25.2 Å². The highest BCUT2D eigenvalue weighted by Crippen LogP contribution is 2.61. The molecule has 3 atom stereocenters. The molecule has 1 aromatic rings. The number of carbonyl (C=O) groups is 2. The highest BCUT2D eigenvalue weighted by molar-refractivity contribution is 7.12. The Bertz CT molecular complexity index is 641. The SMILES string of the molecule is CCOc1ccsc1C(=O)NNC(=O)OCC1CCC2CC1C2(C)C. The monoisotopic (exact) mass is 366 g/mol. The van der Waals surface area contributed by atoms with Crippen molar-refractivity contribution in [2.45, 2.75) is 40.0 Å². The molecular weight excluding hydrogens is 340 g/mol. The van der Waals surface area contributed by atoms with Gasteiger partial charge in [0.25, 0.3) is 5.91 Å². The van der Waals surface area contributed by atoms with Gasteiger partial charge in [0.2, 0.25) is 0 Å². The Hall–Kier alpha value is -1.76. The molecule has 3 aliphatic carbocycles. The Morgan fingerprint density at radius 3 is 2.80 bits per heavy atom. The highest BCUT2D eigenvalue weighted by atomic mass is 32.1. The van der Waals surface area contributed by atoms with Crippen molar-refractivity contribution in [3.63, 3.8) is 0 Å². The predicted molar refractivity (Wildman–Crippen MR) is 95.5 cm³/mol. The predicted octanol–water partition coefficient (Wildman–Crippen LogP) is 3.59. The van der Waals surface area contributed by atoms with E-state index in [1.54, 1.807) is 11.4 Å². The lowest BCUT2D eigenvalue weighted by Gasteiger charge is -2.60. The van der Waals surface area contributed by atoms with Crippen LogP contribution in [0.5, 0.6) is 5.75 Å². The number of hydrogen-bond donors (Lipinski definition) is 2. The molecule has 1 aromatic heterocycles. The Balaban J connectivity index is 1.42. The van der Waals surface area contributed by atoms with Crippen LogP contribution in [0.4, 0.5) is 4.79 Å². The van der Waals surface area contributed by atoms with Crippen LogP contribution in [0, 0.1) is 23.2 Å². The van der Waals surface area contributed by atoms with E-state index in [1.165, 1.54) is 24.2 Å². The second-order valence-corrected chi connectivity index (χ2v) is 8.34. The first-order valence-corrected chi connectivity index (χ1v) is 9.74. The third kappa shape index (κ3) is 3.61. The molecule has 2 amide bonds. The van der Waals surface area contributed by atoms with Gasteiger partial charge in [-0.1, -0.05) is 13.8 Å². The van der Waals surface area contributed by atoms with Crippen LogP contribution in [0.15, 0.2) is 11.4 Å². The number of carbonyl (C=O) groups excluding carboxylic acids is 2. The van der Waals surface area contributed by atoms with Crippen molar-refractivity contribution in [3.05, 3.63) is 16.3 Å². The standard InChI is InChI=1S/C18H26N2O4S/c1-4-23-14-7-8-25-15(14)16(21)19-20-17(22)24-10-11-5-6-12-9-13(11)18(12,2)3/h7-8,11-13H,4-6,9-10H2,1-3H3,(H,19,21)(H,20,22). The Kier molecular flexibility index (Phi) is 5.22. The molecule has 0 aliphatic heterocycles. The van der Waals surface area contributed by atoms with Crippen LogP contribution in [0.3, 0.4) is 0 Å². The molecule has 0 aromatic carbocycles. The number of hydrazine groups is 1. The van der Waals surface area contributed by atoms with Crippen molar-refractivity contribution in [2.24, 2.45) is 23.2 Å². The molecule has 138 valence electrons. The van der Waals surface area contributed by atoms with Gasteiger partial charge in [-0.2, -0.15) is 0 Å². The fourth-order valence-corrected chi connectivity index (χ4v) is 5.01. The summed E-state index contributed by atoms with van der Waals surface area (Å²) in [5, 5.41) is 1.77. The summed E-state index contributed by atoms with van der Waals surface area (Å²) < 4.78 is 10.7. The Labute approximate surface area is 152 Å². The van der Waals surface area contributed by atoms with Crippen LogP contribution < -0.4 is 15.6 Å². The van der Waals surface area contributed by atoms with Crippen LogP contribution >= 0.6 is 11.3 Å². The van der Waals surface area contributed by atoms with Gasteiger partial charge in [0, 0.05) is 0 Å². The third-order valence-electron chi connectivity index (χ3n) is 5.84. The van der Waals surface area contributed by atoms with Crippen molar-refractivity contribution in [1.29, 1.82) is 0 Å². The summed E-state index contributed by atoms with van der Waals surface area (Å²) in [7, 11) is 0. The molecule has 3 aliphatic rings. The first-order chi connectivity index (χ1) is 11.9. The van der Waals surface area contributed by atoms with Crippen LogP contribution in [0.25, 0.3) is 0 Å². The maximum atomic E-state index is 12.1. The summed E-state index contributed by atoms with van der Waals surface area (Å²) >= 11 is 1.26. The van der Waals surface area contributed by atoms with Crippen LogP contribution in [0.2, 0.25) is 0 Å². The lowest BCUT2D eigenvalue weighted by atomic mass is 9.46. The number of thiophene rings is 1. The van der Waals surface area contributed by atoms with Gasteiger partial charge in [-0.25, -0.2) is 10.2 Å². The van der Waals surface area contributed by atoms with Crippen molar-refractivity contribution in [3.8, 4) is 5.75 Å². The molecule has 1 heterocycles. The lowest BCUT2D eigenvalue weighted by molar-refractivity contribution is -0.117. The number of ether oxygens (including phenoxy) is 2. The number of rotatable bonds is 5. The molecule has 3 unspecified atom stereocenters. The summed E-state index contributed by atoms with van der Waals surface area (Å²) in [5.41, 5.74) is 5.06. The summed E-state index contributed by atoms with van der Waals surface area (Å²) in [5.74, 6) is 1.99. The van der Waals surface area contributed by atoms with E-state index < -0.39 is 12.0 Å². The first-order valence-electron chi connectivity index (χ1n) is 8.86. The van der Waals surface area contributed by atoms with Crippen molar-refractivity contribution < 1.29 is 19.1 Å². The van der Waals surface area contributed by atoms with Crippen molar-refractivity contribution in [2.75, 3.05) is 13.2 Å². The van der Waals surface area contributed by atoms with E-state index in [0.717, 1.165) is 12.3 Å². The topological polar surface area (TPSA) is 76.7 Å². The minimum Gasteiger partial charge on any atom is -0.492 e. The number of nitrogens with one attached hydrogen (secondary N) is 2. The Morgan fingerprint density at radius 2 is 2.12 bits per heavy atom. The maximum Gasteiger partial charge on any atom is 0.426 e. The van der Waals surface area contributed by atoms with E-state index in [2.05, 4.69) is 24.7 Å². The van der Waals surface area contributed by atoms with E-state index in [4.69, 9.17) is 9.47 Å². The molecule has 3 fully saturated rings. The second-order valence-electron chi connectivity index (χ2n) is 7.42. The minimum atomic E-state index is -0.623. The van der Waals surface area contributed by atoms with E-state index in [-0.39, 0.29) is 0 Å². The zero-order chi connectivity index (χ0) is 18.0. The fraction of sp³-hybridized carbons (Fsp3) is 0.667. The van der Waals surface area contributed by atoms with Crippen LogP contribution in [-0.2, 0) is 4.74 Å². The maximum absolute atomic E-state index is 12.1. The highest BCUT2D eigenvalue weighted by Gasteiger charge is 2.54. The second kappa shape index (κ2) is 7.23. The van der Waals surface area contributed by atoms with Gasteiger partial charge < -0.3 is 9.47 Å². The smallest absolute Gasteiger partial charge is 0.426 e. The first kappa shape index (κ1) is 18.0. The van der Waals surface area contributed by atoms with Gasteiger partial charge in [0.1, 0.15) is 10.6 Å². The zero-order valence-corrected chi connectivity index (χ0v) is 15.8. The summed E-state index contributed by atoms with van der Waals surface area (Å²) in [4.78, 5) is 24.4. The molecule has 6 nitrogen and oxygen atoms in total. The molecule has 0 spiro atoms. The molecule has 4 rings (SSSR count). The van der Waals surface area contributed by atoms with E-state index >= 15 is 0 Å². The molecule has 3 saturated carbocycles. The zero-order valence-electron chi connectivity index (χ0n) is 15.0. The molecule has 2 N–H and O–H groups in total. The number of amides is 2. The molecule has 0 saturated heterocycles. The van der Waals surface area contributed by atoms with E-state index in [0.29, 0.717) is 41.1 Å². The molecule has 0 radical (unpaired) electrons. The van der Waals surface area contributed by atoms with Gasteiger partial charge in [-0.3, -0.25) is 10.2 Å². The molecule has 7 heteroatoms. The van der Waals surface area contributed by atoms with Crippen molar-refractivity contribution >= 4 is 23.3 Å². The lowest BCUT2D eigenvalue weighted by Crippen LogP contribution is -2.53. The number of hydrogen-bond acceptors (Lipinski definition) is 5. The normalized spacial score (nSPS) is 26.3. The van der Waals surface area contributed by atoms with Crippen molar-refractivity contribution in [1.82, 2.24) is 10.9 Å². The van der Waals surface area contributed by atoms with Gasteiger partial charge in [-0.15, -0.1) is 11.3 Å². The number of fused-ring (bicyclic) bond motifs is 2. The van der Waals surface area contributed by atoms with E-state index in [9.17, 15) is 9.59 Å². The molecular formula is C18H26N2O4S. The molecule has 25 heavy (non-hydrogen) atoms. The average molecular weight is 366 g/mol. The molecule has 2 bridgehead atoms. The third-order valence-corrected chi connectivity index (χ3v) is 6.74. The summed E-state index contributed by atoms with van der Waals surface area (Å²) in [6.07, 6.45) is 2.96. The van der Waals surface area contributed by atoms with Crippen LogP contribution in [0.1, 0.15) is 49.7 Å². The van der Waals surface area contributed by atoms with Gasteiger partial charge >= 0.3 is 6.09 Å². The van der Waals surface area contributed by atoms with E-state index in [1.807, 2.05) is 6.92 Å². The average Bonchev–Trinajstić information content (AvgIpc) is 3.06. The Morgan fingerprint density at radius 1 is 1.32 bits per heavy atom. The minimum absolute atomic E-state index is 0.367. The quantitative estimate of drug-likeness (QED) is 0.781. The van der Waals surface area contributed by atoms with Gasteiger partial charge in [-0.05, 0) is 60.8 Å².